The average Bonchev–Trinajstić information content (AvgIpc) is 2.66. The highest BCUT2D eigenvalue weighted by Gasteiger charge is 2.07. The van der Waals surface area contributed by atoms with Crippen LogP contribution >= 0.6 is 11.8 Å². The minimum absolute atomic E-state index is 0.0302. The molecule has 1 rings (SSSR count). The first-order valence-corrected chi connectivity index (χ1v) is 6.16. The Morgan fingerprint density at radius 1 is 1.57 bits per heavy atom. The van der Waals surface area contributed by atoms with Gasteiger partial charge in [-0.2, -0.15) is 11.8 Å². The standard InChI is InChI=1S/C9H18N4S/c1-3-8(10)9-7-13(12-11-9)5-6-14-4-2/h7-8H,3-6,10H2,1-2H3. The molecule has 0 saturated carbocycles. The Balaban J connectivity index is 2.42. The van der Waals surface area contributed by atoms with Crippen LogP contribution < -0.4 is 5.73 Å². The van der Waals surface area contributed by atoms with Crippen LogP contribution in [0, 0.1) is 0 Å². The van der Waals surface area contributed by atoms with Gasteiger partial charge in [-0.15, -0.1) is 5.10 Å². The maximum atomic E-state index is 5.84. The lowest BCUT2D eigenvalue weighted by atomic mass is 10.2. The summed E-state index contributed by atoms with van der Waals surface area (Å²) in [6.45, 7) is 5.13. The molecule has 0 saturated heterocycles. The first kappa shape index (κ1) is 11.5. The summed E-state index contributed by atoms with van der Waals surface area (Å²) in [6.07, 6.45) is 2.85. The second kappa shape index (κ2) is 6.03. The average molecular weight is 214 g/mol. The predicted molar refractivity (Wildman–Crippen MR) is 60.2 cm³/mol. The largest absolute Gasteiger partial charge is 0.323 e. The number of rotatable bonds is 6. The van der Waals surface area contributed by atoms with Crippen molar-refractivity contribution >= 4 is 11.8 Å². The number of nitrogens with zero attached hydrogens (tertiary/aromatic N) is 3. The maximum Gasteiger partial charge on any atom is 0.0993 e. The van der Waals surface area contributed by atoms with Gasteiger partial charge in [-0.1, -0.05) is 19.1 Å². The van der Waals surface area contributed by atoms with Crippen LogP contribution in [0.5, 0.6) is 0 Å². The molecule has 0 radical (unpaired) electrons. The van der Waals surface area contributed by atoms with Gasteiger partial charge in [0.05, 0.1) is 24.5 Å². The van der Waals surface area contributed by atoms with Crippen LogP contribution in [-0.2, 0) is 6.54 Å². The SMILES string of the molecule is CCSCCn1cc(C(N)CC)nn1. The second-order valence-corrected chi connectivity index (χ2v) is 4.51. The van der Waals surface area contributed by atoms with Gasteiger partial charge in [0.2, 0.25) is 0 Å². The van der Waals surface area contributed by atoms with E-state index < -0.39 is 0 Å². The normalized spacial score (nSPS) is 13.1. The van der Waals surface area contributed by atoms with Crippen molar-refractivity contribution in [2.24, 2.45) is 5.73 Å². The van der Waals surface area contributed by atoms with E-state index >= 15 is 0 Å². The Kier molecular flexibility index (Phi) is 4.97. The molecule has 0 amide bonds. The van der Waals surface area contributed by atoms with Gasteiger partial charge in [-0.25, -0.2) is 0 Å². The molecule has 1 unspecified atom stereocenters. The zero-order valence-electron chi connectivity index (χ0n) is 8.81. The van der Waals surface area contributed by atoms with Crippen molar-refractivity contribution in [2.75, 3.05) is 11.5 Å². The van der Waals surface area contributed by atoms with Gasteiger partial charge in [0, 0.05) is 5.75 Å². The molecule has 14 heavy (non-hydrogen) atoms. The third kappa shape index (κ3) is 3.31. The Bertz CT molecular complexity index is 261. The minimum atomic E-state index is 0.0302. The topological polar surface area (TPSA) is 56.7 Å². The predicted octanol–water partition coefficient (Wildman–Crippen LogP) is 1.44. The number of aryl methyl sites for hydroxylation is 1. The summed E-state index contributed by atoms with van der Waals surface area (Å²) in [7, 11) is 0. The first-order chi connectivity index (χ1) is 6.77. The smallest absolute Gasteiger partial charge is 0.0993 e. The van der Waals surface area contributed by atoms with Crippen molar-refractivity contribution in [2.45, 2.75) is 32.9 Å². The number of hydrogen-bond acceptors (Lipinski definition) is 4. The van der Waals surface area contributed by atoms with E-state index in [9.17, 15) is 0 Å². The molecule has 2 N–H and O–H groups in total. The van der Waals surface area contributed by atoms with E-state index in [1.165, 1.54) is 0 Å². The molecule has 1 aromatic rings. The molecule has 0 fully saturated rings. The summed E-state index contributed by atoms with van der Waals surface area (Å²) in [5, 5.41) is 8.07. The molecule has 0 aliphatic carbocycles. The van der Waals surface area contributed by atoms with Gasteiger partial charge in [0.15, 0.2) is 0 Å². The first-order valence-electron chi connectivity index (χ1n) is 5.01. The summed E-state index contributed by atoms with van der Waals surface area (Å²) < 4.78 is 1.87. The molecule has 1 heterocycles. The number of aromatic nitrogens is 3. The summed E-state index contributed by atoms with van der Waals surface area (Å²) in [5.41, 5.74) is 6.74. The Morgan fingerprint density at radius 3 is 3.00 bits per heavy atom. The van der Waals surface area contributed by atoms with E-state index in [-0.39, 0.29) is 6.04 Å². The monoisotopic (exact) mass is 214 g/mol. The summed E-state index contributed by atoms with van der Waals surface area (Å²) >= 11 is 1.91. The third-order valence-electron chi connectivity index (χ3n) is 2.04. The number of nitrogens with two attached hydrogens (primary N) is 1. The van der Waals surface area contributed by atoms with E-state index in [0.29, 0.717) is 0 Å². The zero-order chi connectivity index (χ0) is 10.4. The molecular formula is C9H18N4S. The molecule has 5 heteroatoms. The molecule has 4 nitrogen and oxygen atoms in total. The summed E-state index contributed by atoms with van der Waals surface area (Å²) in [6, 6.07) is 0.0302. The molecule has 0 aliphatic rings. The molecule has 0 bridgehead atoms. The highest BCUT2D eigenvalue weighted by molar-refractivity contribution is 7.99. The van der Waals surface area contributed by atoms with E-state index in [0.717, 1.165) is 30.2 Å². The van der Waals surface area contributed by atoms with Crippen molar-refractivity contribution in [1.82, 2.24) is 15.0 Å². The Morgan fingerprint density at radius 2 is 2.36 bits per heavy atom. The molecule has 0 aliphatic heterocycles. The highest BCUT2D eigenvalue weighted by Crippen LogP contribution is 2.09. The van der Waals surface area contributed by atoms with Crippen molar-refractivity contribution in [3.05, 3.63) is 11.9 Å². The lowest BCUT2D eigenvalue weighted by Crippen LogP contribution is -2.08. The number of thioether (sulfide) groups is 1. The highest BCUT2D eigenvalue weighted by atomic mass is 32.2. The Labute approximate surface area is 89.2 Å². The third-order valence-corrected chi connectivity index (χ3v) is 2.92. The summed E-state index contributed by atoms with van der Waals surface area (Å²) in [5.74, 6) is 2.23. The fraction of sp³-hybridized carbons (Fsp3) is 0.778. The van der Waals surface area contributed by atoms with Gasteiger partial charge in [0.1, 0.15) is 0 Å². The number of hydrogen-bond donors (Lipinski definition) is 1. The fourth-order valence-corrected chi connectivity index (χ4v) is 1.71. The van der Waals surface area contributed by atoms with Crippen LogP contribution in [0.2, 0.25) is 0 Å². The van der Waals surface area contributed by atoms with Gasteiger partial charge in [0.25, 0.3) is 0 Å². The van der Waals surface area contributed by atoms with E-state index in [1.54, 1.807) is 0 Å². The van der Waals surface area contributed by atoms with Gasteiger partial charge >= 0.3 is 0 Å². The fourth-order valence-electron chi connectivity index (χ4n) is 1.10. The lowest BCUT2D eigenvalue weighted by molar-refractivity contribution is 0.630. The van der Waals surface area contributed by atoms with Gasteiger partial charge < -0.3 is 5.73 Å². The lowest BCUT2D eigenvalue weighted by Gasteiger charge is -2.01. The van der Waals surface area contributed by atoms with Crippen molar-refractivity contribution in [3.8, 4) is 0 Å². The van der Waals surface area contributed by atoms with E-state index in [4.69, 9.17) is 5.73 Å². The molecular weight excluding hydrogens is 196 g/mol. The Hall–Kier alpha value is -0.550. The summed E-state index contributed by atoms with van der Waals surface area (Å²) in [4.78, 5) is 0. The van der Waals surface area contributed by atoms with Gasteiger partial charge in [-0.3, -0.25) is 4.68 Å². The zero-order valence-corrected chi connectivity index (χ0v) is 9.63. The molecule has 1 aromatic heterocycles. The van der Waals surface area contributed by atoms with Crippen molar-refractivity contribution in [1.29, 1.82) is 0 Å². The van der Waals surface area contributed by atoms with E-state index in [1.807, 2.05) is 22.6 Å². The second-order valence-electron chi connectivity index (χ2n) is 3.12. The van der Waals surface area contributed by atoms with Gasteiger partial charge in [-0.05, 0) is 12.2 Å². The maximum absolute atomic E-state index is 5.84. The minimum Gasteiger partial charge on any atom is -0.323 e. The van der Waals surface area contributed by atoms with Crippen LogP contribution in [0.3, 0.4) is 0 Å². The molecule has 1 atom stereocenters. The van der Waals surface area contributed by atoms with Crippen LogP contribution in [-0.4, -0.2) is 26.5 Å². The molecule has 80 valence electrons. The van der Waals surface area contributed by atoms with Crippen LogP contribution in [0.15, 0.2) is 6.20 Å². The van der Waals surface area contributed by atoms with Crippen LogP contribution in [0.1, 0.15) is 32.0 Å². The van der Waals surface area contributed by atoms with Crippen molar-refractivity contribution in [3.63, 3.8) is 0 Å². The van der Waals surface area contributed by atoms with E-state index in [2.05, 4.69) is 24.2 Å². The molecule has 0 aromatic carbocycles. The van der Waals surface area contributed by atoms with Crippen LogP contribution in [0.25, 0.3) is 0 Å². The van der Waals surface area contributed by atoms with Crippen LogP contribution in [0.4, 0.5) is 0 Å². The quantitative estimate of drug-likeness (QED) is 0.728. The molecule has 0 spiro atoms. The van der Waals surface area contributed by atoms with Crippen molar-refractivity contribution < 1.29 is 0 Å².